The number of amides is 1. The van der Waals surface area contributed by atoms with Crippen LogP contribution in [0.4, 0.5) is 0 Å². The van der Waals surface area contributed by atoms with Gasteiger partial charge in [0.25, 0.3) is 5.91 Å². The molecule has 2 fully saturated rings. The highest BCUT2D eigenvalue weighted by atomic mass is 32.2. The first-order valence-electron chi connectivity index (χ1n) is 8.32. The number of carbonyl (C=O) groups excluding carboxylic acids is 1. The number of allylic oxidation sites excluding steroid dienone is 1. The molecule has 3 aliphatic rings. The molecule has 0 radical (unpaired) electrons. The van der Waals surface area contributed by atoms with E-state index in [0.717, 1.165) is 4.31 Å². The van der Waals surface area contributed by atoms with Gasteiger partial charge < -0.3 is 18.8 Å². The first kappa shape index (κ1) is 17.3. The molecule has 0 atom stereocenters. The predicted octanol–water partition coefficient (Wildman–Crippen LogP) is 0.508. The standard InChI is InChI=1S/C16H19N3O6S/c1-18-13(11-12(17-26(18,21)22)14-3-2-8-23-14)15(20)19-6-4-16(5-7-19)24-9-10-25-16/h2-3,8,11H,4-7,9-10H2,1H3. The fourth-order valence-electron chi connectivity index (χ4n) is 3.29. The normalized spacial score (nSPS) is 24.5. The van der Waals surface area contributed by atoms with E-state index in [0.29, 0.717) is 39.1 Å². The van der Waals surface area contributed by atoms with Gasteiger partial charge in [-0.15, -0.1) is 4.40 Å². The van der Waals surface area contributed by atoms with Crippen molar-refractivity contribution in [1.29, 1.82) is 0 Å². The Kier molecular flexibility index (Phi) is 4.13. The van der Waals surface area contributed by atoms with Crippen molar-refractivity contribution in [2.45, 2.75) is 18.6 Å². The molecular weight excluding hydrogens is 362 g/mol. The summed E-state index contributed by atoms with van der Waals surface area (Å²) in [4.78, 5) is 14.6. The van der Waals surface area contributed by atoms with E-state index >= 15 is 0 Å². The quantitative estimate of drug-likeness (QED) is 0.740. The Morgan fingerprint density at radius 3 is 2.54 bits per heavy atom. The van der Waals surface area contributed by atoms with Crippen LogP contribution < -0.4 is 0 Å². The van der Waals surface area contributed by atoms with Crippen molar-refractivity contribution in [1.82, 2.24) is 9.21 Å². The van der Waals surface area contributed by atoms with Gasteiger partial charge >= 0.3 is 10.2 Å². The van der Waals surface area contributed by atoms with Gasteiger partial charge in [-0.25, -0.2) is 4.31 Å². The van der Waals surface area contributed by atoms with Gasteiger partial charge in [-0.1, -0.05) is 0 Å². The number of piperidine rings is 1. The monoisotopic (exact) mass is 381 g/mol. The Bertz CT molecular complexity index is 858. The molecule has 0 unspecified atom stereocenters. The third kappa shape index (κ3) is 2.93. The number of furan rings is 1. The van der Waals surface area contributed by atoms with E-state index in [4.69, 9.17) is 13.9 Å². The van der Waals surface area contributed by atoms with Crippen molar-refractivity contribution in [2.24, 2.45) is 4.40 Å². The summed E-state index contributed by atoms with van der Waals surface area (Å²) in [5.41, 5.74) is 0.142. The van der Waals surface area contributed by atoms with Crippen LogP contribution in [-0.2, 0) is 24.5 Å². The predicted molar refractivity (Wildman–Crippen MR) is 90.5 cm³/mol. The Morgan fingerprint density at radius 1 is 1.23 bits per heavy atom. The van der Waals surface area contributed by atoms with Crippen molar-refractivity contribution in [3.8, 4) is 0 Å². The molecular formula is C16H19N3O6S. The van der Waals surface area contributed by atoms with Crippen molar-refractivity contribution < 1.29 is 27.1 Å². The van der Waals surface area contributed by atoms with Crippen LogP contribution >= 0.6 is 0 Å². The van der Waals surface area contributed by atoms with Crippen LogP contribution in [0, 0.1) is 0 Å². The molecule has 0 N–H and O–H groups in total. The second kappa shape index (κ2) is 6.22. The fourth-order valence-corrected chi connectivity index (χ4v) is 4.18. The van der Waals surface area contributed by atoms with E-state index in [2.05, 4.69) is 4.40 Å². The fraction of sp³-hybridized carbons (Fsp3) is 0.500. The summed E-state index contributed by atoms with van der Waals surface area (Å²) in [6, 6.07) is 3.22. The van der Waals surface area contributed by atoms with Crippen molar-refractivity contribution >= 4 is 21.8 Å². The topological polar surface area (TPSA) is 102 Å². The number of ether oxygens (including phenoxy) is 2. The summed E-state index contributed by atoms with van der Waals surface area (Å²) >= 11 is 0. The first-order chi connectivity index (χ1) is 12.4. The lowest BCUT2D eigenvalue weighted by molar-refractivity contribution is -0.186. The van der Waals surface area contributed by atoms with E-state index in [1.807, 2.05) is 0 Å². The van der Waals surface area contributed by atoms with Crippen LogP contribution in [0.25, 0.3) is 0 Å². The van der Waals surface area contributed by atoms with E-state index in [9.17, 15) is 13.2 Å². The second-order valence-electron chi connectivity index (χ2n) is 6.33. The van der Waals surface area contributed by atoms with Gasteiger partial charge in [-0.2, -0.15) is 8.42 Å². The maximum absolute atomic E-state index is 13.0. The van der Waals surface area contributed by atoms with Crippen molar-refractivity contribution in [3.63, 3.8) is 0 Å². The summed E-state index contributed by atoms with van der Waals surface area (Å²) in [5.74, 6) is -0.684. The molecule has 26 heavy (non-hydrogen) atoms. The minimum atomic E-state index is -4.00. The molecule has 3 aliphatic heterocycles. The average molecular weight is 381 g/mol. The average Bonchev–Trinajstić information content (AvgIpc) is 3.30. The highest BCUT2D eigenvalue weighted by molar-refractivity contribution is 7.88. The lowest BCUT2D eigenvalue weighted by Crippen LogP contribution is -2.49. The smallest absolute Gasteiger partial charge is 0.345 e. The number of nitrogens with zero attached hydrogens (tertiary/aromatic N) is 3. The van der Waals surface area contributed by atoms with Gasteiger partial charge in [-0.3, -0.25) is 4.79 Å². The SMILES string of the molecule is CN1C(C(=O)N2CCC3(CC2)OCCO3)=CC(c2ccco2)=NS1(=O)=O. The Labute approximate surface area is 151 Å². The summed E-state index contributed by atoms with van der Waals surface area (Å²) < 4.78 is 45.8. The number of likely N-dealkylation sites (N-methyl/N-ethyl adjacent to an activating group) is 1. The molecule has 1 aromatic rings. The number of carbonyl (C=O) groups is 1. The molecule has 1 amide bonds. The molecule has 140 valence electrons. The third-order valence-electron chi connectivity index (χ3n) is 4.79. The van der Waals surface area contributed by atoms with Crippen LogP contribution in [0.2, 0.25) is 0 Å². The molecule has 2 saturated heterocycles. The zero-order chi connectivity index (χ0) is 18.4. The van der Waals surface area contributed by atoms with Gasteiger partial charge in [0.2, 0.25) is 0 Å². The van der Waals surface area contributed by atoms with E-state index in [1.165, 1.54) is 19.4 Å². The van der Waals surface area contributed by atoms with Gasteiger partial charge in [0.1, 0.15) is 11.4 Å². The zero-order valence-electron chi connectivity index (χ0n) is 14.3. The summed E-state index contributed by atoms with van der Waals surface area (Å²) in [7, 11) is -2.68. The van der Waals surface area contributed by atoms with Gasteiger partial charge in [0.15, 0.2) is 11.5 Å². The Morgan fingerprint density at radius 2 is 1.92 bits per heavy atom. The van der Waals surface area contributed by atoms with Crippen LogP contribution in [-0.4, -0.2) is 68.4 Å². The van der Waals surface area contributed by atoms with Crippen molar-refractivity contribution in [3.05, 3.63) is 35.9 Å². The van der Waals surface area contributed by atoms with Crippen LogP contribution in [0.1, 0.15) is 18.6 Å². The number of hydrogen-bond donors (Lipinski definition) is 0. The largest absolute Gasteiger partial charge is 0.463 e. The lowest BCUT2D eigenvalue weighted by Gasteiger charge is -2.38. The molecule has 0 aliphatic carbocycles. The Balaban J connectivity index is 1.57. The summed E-state index contributed by atoms with van der Waals surface area (Å²) in [6.07, 6.45) is 3.97. The molecule has 4 rings (SSSR count). The van der Waals surface area contributed by atoms with E-state index in [1.54, 1.807) is 17.0 Å². The molecule has 10 heteroatoms. The van der Waals surface area contributed by atoms with Gasteiger partial charge in [0.05, 0.1) is 19.5 Å². The third-order valence-corrected chi connectivity index (χ3v) is 6.11. The molecule has 0 saturated carbocycles. The highest BCUT2D eigenvalue weighted by Gasteiger charge is 2.42. The maximum Gasteiger partial charge on any atom is 0.345 e. The number of rotatable bonds is 2. The molecule has 1 spiro atoms. The number of likely N-dealkylation sites (tertiary alicyclic amines) is 1. The molecule has 9 nitrogen and oxygen atoms in total. The van der Waals surface area contributed by atoms with Crippen LogP contribution in [0.15, 0.2) is 39.0 Å². The summed E-state index contributed by atoms with van der Waals surface area (Å²) in [5, 5.41) is 0. The van der Waals surface area contributed by atoms with Gasteiger partial charge in [-0.05, 0) is 18.2 Å². The second-order valence-corrected chi connectivity index (χ2v) is 7.95. The molecule has 0 bridgehead atoms. The van der Waals surface area contributed by atoms with Crippen LogP contribution in [0.3, 0.4) is 0 Å². The minimum absolute atomic E-state index is 0.0376. The zero-order valence-corrected chi connectivity index (χ0v) is 15.1. The summed E-state index contributed by atoms with van der Waals surface area (Å²) in [6.45, 7) is 1.97. The van der Waals surface area contributed by atoms with E-state index < -0.39 is 16.0 Å². The molecule has 4 heterocycles. The van der Waals surface area contributed by atoms with Gasteiger partial charge in [0, 0.05) is 33.0 Å². The maximum atomic E-state index is 13.0. The van der Waals surface area contributed by atoms with E-state index in [-0.39, 0.29) is 23.1 Å². The number of hydrogen-bond acceptors (Lipinski definition) is 6. The lowest BCUT2D eigenvalue weighted by atomic mass is 10.0. The Hall–Kier alpha value is -2.17. The highest BCUT2D eigenvalue weighted by Crippen LogP contribution is 2.32. The first-order valence-corrected chi connectivity index (χ1v) is 9.72. The molecule has 1 aromatic heterocycles. The molecule has 0 aromatic carbocycles. The van der Waals surface area contributed by atoms with Crippen LogP contribution in [0.5, 0.6) is 0 Å². The van der Waals surface area contributed by atoms with Crippen molar-refractivity contribution in [2.75, 3.05) is 33.4 Å². The minimum Gasteiger partial charge on any atom is -0.463 e.